The Kier molecular flexibility index (Phi) is 5.27. The number of hydrogen-bond acceptors (Lipinski definition) is 3. The number of nitrogens with two attached hydrogens (primary N) is 1. The van der Waals surface area contributed by atoms with Crippen LogP contribution in [0.1, 0.15) is 5.56 Å². The van der Waals surface area contributed by atoms with Crippen LogP contribution >= 0.6 is 35.4 Å². The first-order chi connectivity index (χ1) is 9.97. The van der Waals surface area contributed by atoms with Crippen molar-refractivity contribution in [1.82, 2.24) is 15.3 Å². The van der Waals surface area contributed by atoms with Crippen molar-refractivity contribution in [3.8, 4) is 0 Å². The molecule has 1 heterocycles. The zero-order valence-corrected chi connectivity index (χ0v) is 13.2. The maximum Gasteiger partial charge on any atom is 0.183 e. The molecule has 2 rings (SSSR count). The fourth-order valence-electron chi connectivity index (χ4n) is 1.84. The van der Waals surface area contributed by atoms with Crippen LogP contribution in [0.15, 0.2) is 42.0 Å². The molecular formula is C13H13Cl2FN4S. The van der Waals surface area contributed by atoms with Crippen molar-refractivity contribution in [2.75, 3.05) is 6.54 Å². The summed E-state index contributed by atoms with van der Waals surface area (Å²) in [6, 6.07) is 4.63. The normalized spacial score (nSPS) is 14.1. The minimum Gasteiger partial charge on any atom is -0.375 e. The van der Waals surface area contributed by atoms with Crippen molar-refractivity contribution in [3.63, 3.8) is 0 Å². The highest BCUT2D eigenvalue weighted by Crippen LogP contribution is 2.22. The van der Waals surface area contributed by atoms with Gasteiger partial charge in [-0.3, -0.25) is 10.4 Å². The highest BCUT2D eigenvalue weighted by Gasteiger charge is 2.14. The lowest BCUT2D eigenvalue weighted by molar-refractivity contribution is 0.386. The second-order valence-corrected chi connectivity index (χ2v) is 5.51. The number of rotatable bonds is 4. The number of hydrogen-bond donors (Lipinski definition) is 2. The molecule has 4 nitrogen and oxygen atoms in total. The third kappa shape index (κ3) is 4.23. The van der Waals surface area contributed by atoms with E-state index in [2.05, 4.69) is 5.43 Å². The molecule has 1 aromatic carbocycles. The van der Waals surface area contributed by atoms with Gasteiger partial charge >= 0.3 is 0 Å². The number of benzene rings is 1. The van der Waals surface area contributed by atoms with E-state index >= 15 is 0 Å². The van der Waals surface area contributed by atoms with Crippen molar-refractivity contribution in [2.24, 2.45) is 5.73 Å². The summed E-state index contributed by atoms with van der Waals surface area (Å²) in [7, 11) is 0. The Bertz CT molecular complexity index is 586. The monoisotopic (exact) mass is 346 g/mol. The van der Waals surface area contributed by atoms with Gasteiger partial charge in [0.1, 0.15) is 11.0 Å². The van der Waals surface area contributed by atoms with Crippen LogP contribution in [0.5, 0.6) is 0 Å². The highest BCUT2D eigenvalue weighted by atomic mass is 35.5. The van der Waals surface area contributed by atoms with Crippen molar-refractivity contribution in [1.29, 1.82) is 0 Å². The first kappa shape index (κ1) is 15.9. The Morgan fingerprint density at radius 1 is 1.33 bits per heavy atom. The zero-order valence-electron chi connectivity index (χ0n) is 10.9. The van der Waals surface area contributed by atoms with Gasteiger partial charge in [0.05, 0.1) is 6.20 Å². The van der Waals surface area contributed by atoms with E-state index in [1.807, 2.05) is 0 Å². The smallest absolute Gasteiger partial charge is 0.183 e. The van der Waals surface area contributed by atoms with Crippen molar-refractivity contribution in [3.05, 3.63) is 58.4 Å². The summed E-state index contributed by atoms with van der Waals surface area (Å²) in [5.74, 6) is -0.319. The molecule has 0 atom stereocenters. The first-order valence-electron chi connectivity index (χ1n) is 6.07. The van der Waals surface area contributed by atoms with Gasteiger partial charge in [-0.2, -0.15) is 0 Å². The summed E-state index contributed by atoms with van der Waals surface area (Å²) in [4.78, 5) is 1.77. The fraction of sp³-hybridized carbons (Fsp3) is 0.154. The summed E-state index contributed by atoms with van der Waals surface area (Å²) in [5.41, 5.74) is 8.56. The third-order valence-electron chi connectivity index (χ3n) is 2.83. The molecule has 1 aromatic rings. The van der Waals surface area contributed by atoms with Crippen LogP contribution in [-0.4, -0.2) is 21.6 Å². The van der Waals surface area contributed by atoms with Crippen LogP contribution in [0, 0.1) is 5.82 Å². The maximum atomic E-state index is 13.7. The zero-order chi connectivity index (χ0) is 15.4. The number of thiocarbonyl (C=S) groups is 1. The number of nitrogens with zero attached hydrogens (tertiary/aromatic N) is 2. The van der Waals surface area contributed by atoms with E-state index in [9.17, 15) is 4.39 Å². The fourth-order valence-corrected chi connectivity index (χ4v) is 2.45. The third-order valence-corrected chi connectivity index (χ3v) is 3.59. The van der Waals surface area contributed by atoms with Crippen molar-refractivity contribution < 1.29 is 4.39 Å². The molecule has 0 amide bonds. The molecule has 1 aliphatic rings. The summed E-state index contributed by atoms with van der Waals surface area (Å²) in [5, 5.41) is 2.53. The van der Waals surface area contributed by atoms with Gasteiger partial charge in [0, 0.05) is 29.5 Å². The van der Waals surface area contributed by atoms with Gasteiger partial charge in [0.25, 0.3) is 0 Å². The summed E-state index contributed by atoms with van der Waals surface area (Å²) < 4.78 is 13.7. The van der Waals surface area contributed by atoms with Crippen LogP contribution in [0.25, 0.3) is 0 Å². The molecule has 0 bridgehead atoms. The average Bonchev–Trinajstić information content (AvgIpc) is 2.39. The van der Waals surface area contributed by atoms with Gasteiger partial charge in [-0.25, -0.2) is 4.39 Å². The van der Waals surface area contributed by atoms with Crippen LogP contribution in [0.3, 0.4) is 0 Å². The van der Waals surface area contributed by atoms with E-state index in [0.29, 0.717) is 28.7 Å². The molecule has 0 aliphatic carbocycles. The van der Waals surface area contributed by atoms with Gasteiger partial charge in [0.15, 0.2) is 5.11 Å². The molecular weight excluding hydrogens is 334 g/mol. The van der Waals surface area contributed by atoms with E-state index in [-0.39, 0.29) is 10.9 Å². The lowest BCUT2D eigenvalue weighted by atomic mass is 10.1. The quantitative estimate of drug-likeness (QED) is 0.648. The molecule has 112 valence electrons. The second-order valence-electron chi connectivity index (χ2n) is 4.28. The van der Waals surface area contributed by atoms with Crippen LogP contribution in [-0.2, 0) is 6.42 Å². The minimum atomic E-state index is -0.319. The Balaban J connectivity index is 1.99. The van der Waals surface area contributed by atoms with E-state index in [1.165, 1.54) is 11.1 Å². The number of halogens is 3. The molecule has 3 N–H and O–H groups in total. The summed E-state index contributed by atoms with van der Waals surface area (Å²) in [6.45, 7) is 0.493. The van der Waals surface area contributed by atoms with E-state index in [4.69, 9.17) is 41.2 Å². The van der Waals surface area contributed by atoms with Crippen LogP contribution in [0.2, 0.25) is 5.02 Å². The largest absolute Gasteiger partial charge is 0.375 e. The highest BCUT2D eigenvalue weighted by molar-refractivity contribution is 7.80. The standard InChI is InChI=1S/C13H13Cl2FN4S/c14-10-2-1-3-11(16)9(10)4-5-19-6-7-20(8-12(19)15)18-13(17)21/h1-3,6-8H,4-5H2,(H3,17,18,21). The lowest BCUT2D eigenvalue weighted by Crippen LogP contribution is -2.40. The second kappa shape index (κ2) is 6.98. The van der Waals surface area contributed by atoms with Crippen LogP contribution < -0.4 is 11.2 Å². The Hall–Kier alpha value is -1.50. The Morgan fingerprint density at radius 2 is 2.10 bits per heavy atom. The lowest BCUT2D eigenvalue weighted by Gasteiger charge is -2.28. The predicted octanol–water partition coefficient (Wildman–Crippen LogP) is 2.90. The topological polar surface area (TPSA) is 44.5 Å². The number of nitrogens with one attached hydrogen (secondary N) is 1. The SMILES string of the molecule is NC(=S)NN1C=CN(CCc2c(F)cccc2Cl)C(Cl)=C1. The van der Waals surface area contributed by atoms with Gasteiger partial charge in [-0.15, -0.1) is 0 Å². The van der Waals surface area contributed by atoms with Crippen molar-refractivity contribution >= 4 is 40.5 Å². The van der Waals surface area contributed by atoms with E-state index in [1.54, 1.807) is 35.6 Å². The van der Waals surface area contributed by atoms with Crippen LogP contribution in [0.4, 0.5) is 4.39 Å². The molecule has 0 saturated heterocycles. The van der Waals surface area contributed by atoms with Gasteiger partial charge < -0.3 is 10.6 Å². The average molecular weight is 347 g/mol. The molecule has 21 heavy (non-hydrogen) atoms. The van der Waals surface area contributed by atoms with Gasteiger partial charge in [-0.05, 0) is 30.8 Å². The summed E-state index contributed by atoms with van der Waals surface area (Å²) in [6.07, 6.45) is 5.49. The Labute approximate surface area is 137 Å². The molecule has 0 saturated carbocycles. The summed E-state index contributed by atoms with van der Waals surface area (Å²) >= 11 is 16.9. The minimum absolute atomic E-state index is 0.131. The van der Waals surface area contributed by atoms with E-state index in [0.717, 1.165) is 0 Å². The van der Waals surface area contributed by atoms with Gasteiger partial charge in [0.2, 0.25) is 0 Å². The van der Waals surface area contributed by atoms with E-state index < -0.39 is 0 Å². The molecule has 8 heteroatoms. The first-order valence-corrected chi connectivity index (χ1v) is 7.23. The number of hydrazine groups is 1. The molecule has 0 spiro atoms. The van der Waals surface area contributed by atoms with Gasteiger partial charge in [-0.1, -0.05) is 29.3 Å². The predicted molar refractivity (Wildman–Crippen MR) is 86.7 cm³/mol. The molecule has 0 unspecified atom stereocenters. The van der Waals surface area contributed by atoms with Crippen molar-refractivity contribution in [2.45, 2.75) is 6.42 Å². The molecule has 0 radical (unpaired) electrons. The molecule has 0 aromatic heterocycles. The molecule has 0 fully saturated rings. The maximum absolute atomic E-state index is 13.7. The Morgan fingerprint density at radius 3 is 2.71 bits per heavy atom. The molecule has 1 aliphatic heterocycles.